The molecule has 1 aromatic carbocycles. The minimum atomic E-state index is -0.0304. The minimum Gasteiger partial charge on any atom is -0.330 e. The lowest BCUT2D eigenvalue weighted by Crippen LogP contribution is -2.24. The van der Waals surface area contributed by atoms with Crippen LogP contribution < -0.4 is 16.0 Å². The maximum atomic E-state index is 12.0. The molecule has 0 spiro atoms. The van der Waals surface area contributed by atoms with Crippen LogP contribution in [0.4, 0.5) is 11.4 Å². The third kappa shape index (κ3) is 4.04. The summed E-state index contributed by atoms with van der Waals surface area (Å²) in [6.45, 7) is 3.30. The van der Waals surface area contributed by atoms with Crippen molar-refractivity contribution < 1.29 is 9.59 Å². The van der Waals surface area contributed by atoms with Gasteiger partial charge in [0, 0.05) is 30.8 Å². The highest BCUT2D eigenvalue weighted by Gasteiger charge is 2.21. The topological polar surface area (TPSA) is 75.4 Å². The summed E-state index contributed by atoms with van der Waals surface area (Å²) in [5.74, 6) is 0.332. The molecule has 1 aromatic rings. The van der Waals surface area contributed by atoms with E-state index in [1.807, 2.05) is 31.2 Å². The van der Waals surface area contributed by atoms with Gasteiger partial charge in [-0.15, -0.1) is 0 Å². The summed E-state index contributed by atoms with van der Waals surface area (Å²) in [6, 6.07) is 7.44. The molecule has 21 heavy (non-hydrogen) atoms. The second kappa shape index (κ2) is 7.22. The van der Waals surface area contributed by atoms with Crippen LogP contribution in [0.1, 0.15) is 32.6 Å². The highest BCUT2D eigenvalue weighted by atomic mass is 16.2. The molecule has 0 aliphatic carbocycles. The van der Waals surface area contributed by atoms with E-state index >= 15 is 0 Å². The van der Waals surface area contributed by atoms with Crippen molar-refractivity contribution in [2.75, 3.05) is 23.3 Å². The van der Waals surface area contributed by atoms with Crippen LogP contribution in [0.2, 0.25) is 0 Å². The molecule has 1 aliphatic rings. The normalized spacial score (nSPS) is 16.1. The second-order valence-corrected chi connectivity index (χ2v) is 5.46. The molecule has 0 aromatic heterocycles. The summed E-state index contributed by atoms with van der Waals surface area (Å²) >= 11 is 0. The van der Waals surface area contributed by atoms with Gasteiger partial charge < -0.3 is 16.0 Å². The summed E-state index contributed by atoms with van der Waals surface area (Å²) < 4.78 is 0. The molecule has 5 nitrogen and oxygen atoms in total. The maximum Gasteiger partial charge on any atom is 0.227 e. The Morgan fingerprint density at radius 3 is 2.90 bits per heavy atom. The van der Waals surface area contributed by atoms with Gasteiger partial charge in [0.1, 0.15) is 0 Å². The molecule has 0 saturated carbocycles. The first kappa shape index (κ1) is 15.5. The fourth-order valence-corrected chi connectivity index (χ4v) is 2.54. The standard InChI is InChI=1S/C16H23N3O2/c1-2-12(11-17)9-15(20)18-13-5-3-6-14(10-13)19-8-4-7-16(19)21/h3,5-6,10,12H,2,4,7-9,11,17H2,1H3,(H,18,20). The number of amides is 2. The first-order valence-corrected chi connectivity index (χ1v) is 7.54. The molecule has 1 atom stereocenters. The van der Waals surface area contributed by atoms with E-state index in [0.717, 1.165) is 30.8 Å². The minimum absolute atomic E-state index is 0.0304. The van der Waals surface area contributed by atoms with Crippen molar-refractivity contribution in [1.82, 2.24) is 0 Å². The first-order chi connectivity index (χ1) is 10.1. The molecular weight excluding hydrogens is 266 g/mol. The van der Waals surface area contributed by atoms with Gasteiger partial charge in [-0.2, -0.15) is 0 Å². The van der Waals surface area contributed by atoms with Crippen molar-refractivity contribution in [2.24, 2.45) is 11.7 Å². The summed E-state index contributed by atoms with van der Waals surface area (Å²) in [7, 11) is 0. The summed E-state index contributed by atoms with van der Waals surface area (Å²) in [5, 5.41) is 2.89. The van der Waals surface area contributed by atoms with Crippen LogP contribution in [-0.2, 0) is 9.59 Å². The Morgan fingerprint density at radius 1 is 1.48 bits per heavy atom. The van der Waals surface area contributed by atoms with E-state index < -0.39 is 0 Å². The van der Waals surface area contributed by atoms with Gasteiger partial charge in [0.25, 0.3) is 0 Å². The smallest absolute Gasteiger partial charge is 0.227 e. The number of carbonyl (C=O) groups is 2. The lowest BCUT2D eigenvalue weighted by molar-refractivity contribution is -0.117. The third-order valence-corrected chi connectivity index (χ3v) is 3.90. The Hall–Kier alpha value is -1.88. The van der Waals surface area contributed by atoms with Gasteiger partial charge in [-0.1, -0.05) is 19.4 Å². The summed E-state index contributed by atoms with van der Waals surface area (Å²) in [4.78, 5) is 25.5. The van der Waals surface area contributed by atoms with Gasteiger partial charge in [0.15, 0.2) is 0 Å². The number of rotatable bonds is 6. The van der Waals surface area contributed by atoms with Crippen molar-refractivity contribution in [3.8, 4) is 0 Å². The van der Waals surface area contributed by atoms with Crippen molar-refractivity contribution in [2.45, 2.75) is 32.6 Å². The van der Waals surface area contributed by atoms with Gasteiger partial charge in [-0.3, -0.25) is 9.59 Å². The lowest BCUT2D eigenvalue weighted by atomic mass is 10.0. The Kier molecular flexibility index (Phi) is 5.33. The van der Waals surface area contributed by atoms with Crippen LogP contribution >= 0.6 is 0 Å². The predicted molar refractivity (Wildman–Crippen MR) is 84.1 cm³/mol. The van der Waals surface area contributed by atoms with Gasteiger partial charge >= 0.3 is 0 Å². The number of nitrogens with one attached hydrogen (secondary N) is 1. The Balaban J connectivity index is 2.01. The summed E-state index contributed by atoms with van der Waals surface area (Å²) in [5.41, 5.74) is 7.20. The maximum absolute atomic E-state index is 12.0. The van der Waals surface area contributed by atoms with E-state index in [9.17, 15) is 9.59 Å². The molecule has 0 bridgehead atoms. The van der Waals surface area contributed by atoms with Crippen LogP contribution in [-0.4, -0.2) is 24.9 Å². The zero-order valence-corrected chi connectivity index (χ0v) is 12.5. The molecule has 2 amide bonds. The molecule has 3 N–H and O–H groups in total. The molecule has 114 valence electrons. The quantitative estimate of drug-likeness (QED) is 0.842. The van der Waals surface area contributed by atoms with Gasteiger partial charge in [-0.05, 0) is 37.1 Å². The number of hydrogen-bond acceptors (Lipinski definition) is 3. The lowest BCUT2D eigenvalue weighted by Gasteiger charge is -2.17. The number of carbonyl (C=O) groups excluding carboxylic acids is 2. The number of anilines is 2. The van der Waals surface area contributed by atoms with Crippen molar-refractivity contribution in [3.05, 3.63) is 24.3 Å². The van der Waals surface area contributed by atoms with E-state index in [1.165, 1.54) is 0 Å². The number of nitrogens with two attached hydrogens (primary N) is 1. The Morgan fingerprint density at radius 2 is 2.29 bits per heavy atom. The molecule has 1 unspecified atom stereocenters. The van der Waals surface area contributed by atoms with Crippen molar-refractivity contribution in [1.29, 1.82) is 0 Å². The van der Waals surface area contributed by atoms with Crippen molar-refractivity contribution in [3.63, 3.8) is 0 Å². The SMILES string of the molecule is CCC(CN)CC(=O)Nc1cccc(N2CCCC2=O)c1. The number of benzene rings is 1. The van der Waals surface area contributed by atoms with E-state index in [0.29, 0.717) is 19.4 Å². The zero-order valence-electron chi connectivity index (χ0n) is 12.5. The molecule has 1 saturated heterocycles. The monoisotopic (exact) mass is 289 g/mol. The third-order valence-electron chi connectivity index (χ3n) is 3.90. The molecule has 0 radical (unpaired) electrons. The van der Waals surface area contributed by atoms with Gasteiger partial charge in [-0.25, -0.2) is 0 Å². The largest absolute Gasteiger partial charge is 0.330 e. The van der Waals surface area contributed by atoms with Crippen LogP contribution in [0.3, 0.4) is 0 Å². The van der Waals surface area contributed by atoms with Crippen molar-refractivity contribution >= 4 is 23.2 Å². The van der Waals surface area contributed by atoms with E-state index in [2.05, 4.69) is 5.32 Å². The van der Waals surface area contributed by atoms with Crippen LogP contribution in [0.5, 0.6) is 0 Å². The zero-order chi connectivity index (χ0) is 15.2. The highest BCUT2D eigenvalue weighted by Crippen LogP contribution is 2.24. The van der Waals surface area contributed by atoms with E-state index in [-0.39, 0.29) is 17.7 Å². The van der Waals surface area contributed by atoms with Crippen LogP contribution in [0.25, 0.3) is 0 Å². The van der Waals surface area contributed by atoms with Gasteiger partial charge in [0.2, 0.25) is 11.8 Å². The molecule has 2 rings (SSSR count). The fraction of sp³-hybridized carbons (Fsp3) is 0.500. The average molecular weight is 289 g/mol. The fourth-order valence-electron chi connectivity index (χ4n) is 2.54. The molecule has 1 heterocycles. The van der Waals surface area contributed by atoms with Crippen LogP contribution in [0.15, 0.2) is 24.3 Å². The first-order valence-electron chi connectivity index (χ1n) is 7.54. The predicted octanol–water partition coefficient (Wildman–Crippen LogP) is 2.13. The Bertz CT molecular complexity index is 512. The summed E-state index contributed by atoms with van der Waals surface area (Å²) in [6.07, 6.45) is 2.82. The molecular formula is C16H23N3O2. The second-order valence-electron chi connectivity index (χ2n) is 5.46. The molecule has 1 aliphatic heterocycles. The molecule has 1 fully saturated rings. The van der Waals surface area contributed by atoms with Gasteiger partial charge in [0.05, 0.1) is 0 Å². The highest BCUT2D eigenvalue weighted by molar-refractivity contribution is 5.97. The number of hydrogen-bond donors (Lipinski definition) is 2. The average Bonchev–Trinajstić information content (AvgIpc) is 2.91. The number of nitrogens with zero attached hydrogens (tertiary/aromatic N) is 1. The molecule has 5 heteroatoms. The Labute approximate surface area is 125 Å². The van der Waals surface area contributed by atoms with E-state index in [4.69, 9.17) is 5.73 Å². The van der Waals surface area contributed by atoms with Crippen LogP contribution in [0, 0.1) is 5.92 Å². The van der Waals surface area contributed by atoms with E-state index in [1.54, 1.807) is 4.90 Å².